The molecule has 1 aromatic heterocycles. The fourth-order valence-corrected chi connectivity index (χ4v) is 3.42. The van der Waals surface area contributed by atoms with Crippen LogP contribution >= 0.6 is 11.3 Å². The Labute approximate surface area is 141 Å². The van der Waals surface area contributed by atoms with E-state index in [0.717, 1.165) is 17.8 Å². The normalized spacial score (nSPS) is 18.9. The van der Waals surface area contributed by atoms with Crippen LogP contribution in [-0.2, 0) is 4.79 Å². The summed E-state index contributed by atoms with van der Waals surface area (Å²) in [5, 5.41) is 22.9. The molecule has 1 amide bonds. The number of benzene rings is 1. The van der Waals surface area contributed by atoms with Gasteiger partial charge in [0.05, 0.1) is 10.6 Å². The Morgan fingerprint density at radius 1 is 1.38 bits per heavy atom. The van der Waals surface area contributed by atoms with Crippen LogP contribution in [0.3, 0.4) is 0 Å². The minimum atomic E-state index is -1.14. The number of non-ortho nitro benzene ring substituents is 1. The molecule has 124 valence electrons. The van der Waals surface area contributed by atoms with E-state index in [9.17, 15) is 24.8 Å². The van der Waals surface area contributed by atoms with Gasteiger partial charge >= 0.3 is 5.97 Å². The summed E-state index contributed by atoms with van der Waals surface area (Å²) in [6, 6.07) is 7.51. The van der Waals surface area contributed by atoms with Crippen molar-refractivity contribution >= 4 is 34.6 Å². The summed E-state index contributed by atoms with van der Waals surface area (Å²) in [4.78, 5) is 34.4. The molecule has 2 aromatic rings. The maximum absolute atomic E-state index is 12.1. The van der Waals surface area contributed by atoms with Crippen molar-refractivity contribution in [3.63, 3.8) is 0 Å². The maximum Gasteiger partial charge on any atom is 0.348 e. The zero-order valence-electron chi connectivity index (χ0n) is 12.7. The van der Waals surface area contributed by atoms with Crippen molar-refractivity contribution in [1.29, 1.82) is 0 Å². The van der Waals surface area contributed by atoms with E-state index in [1.807, 2.05) is 6.92 Å². The van der Waals surface area contributed by atoms with Gasteiger partial charge in [-0.3, -0.25) is 14.9 Å². The number of carboxylic acid groups (broad SMARTS) is 1. The van der Waals surface area contributed by atoms with Crippen LogP contribution < -0.4 is 5.32 Å². The van der Waals surface area contributed by atoms with Crippen LogP contribution in [-0.4, -0.2) is 21.9 Å². The molecule has 1 aliphatic carbocycles. The number of hydrogen-bond donors (Lipinski definition) is 2. The lowest BCUT2D eigenvalue weighted by Gasteiger charge is -2.02. The first kappa shape index (κ1) is 16.1. The maximum atomic E-state index is 12.1. The van der Waals surface area contributed by atoms with E-state index in [2.05, 4.69) is 5.32 Å². The lowest BCUT2D eigenvalue weighted by Crippen LogP contribution is -2.15. The van der Waals surface area contributed by atoms with Gasteiger partial charge in [0.15, 0.2) is 0 Å². The number of carboxylic acids is 1. The van der Waals surface area contributed by atoms with E-state index >= 15 is 0 Å². The monoisotopic (exact) mass is 346 g/mol. The molecule has 1 fully saturated rings. The van der Waals surface area contributed by atoms with E-state index < -0.39 is 10.9 Å². The molecule has 1 aromatic carbocycles. The van der Waals surface area contributed by atoms with Crippen LogP contribution in [0, 0.1) is 22.0 Å². The molecule has 0 unspecified atom stereocenters. The first-order valence-corrected chi connectivity index (χ1v) is 8.11. The Bertz CT molecular complexity index is 845. The first-order chi connectivity index (χ1) is 11.4. The Morgan fingerprint density at radius 2 is 2.08 bits per heavy atom. The van der Waals surface area contributed by atoms with Crippen LogP contribution in [0.2, 0.25) is 0 Å². The van der Waals surface area contributed by atoms with Gasteiger partial charge in [0.2, 0.25) is 5.91 Å². The minimum Gasteiger partial charge on any atom is -0.477 e. The number of aromatic carboxylic acids is 1. The van der Waals surface area contributed by atoms with Gasteiger partial charge < -0.3 is 10.4 Å². The highest BCUT2D eigenvalue weighted by molar-refractivity contribution is 7.18. The zero-order valence-corrected chi connectivity index (χ0v) is 13.5. The number of rotatable bonds is 5. The second-order valence-electron chi connectivity index (χ2n) is 5.77. The molecule has 2 atom stereocenters. The first-order valence-electron chi connectivity index (χ1n) is 7.29. The summed E-state index contributed by atoms with van der Waals surface area (Å²) in [6.07, 6.45) is 0.802. The van der Waals surface area contributed by atoms with Gasteiger partial charge in [-0.05, 0) is 24.0 Å². The minimum absolute atomic E-state index is 0.0122. The van der Waals surface area contributed by atoms with Gasteiger partial charge in [0, 0.05) is 22.9 Å². The van der Waals surface area contributed by atoms with Crippen molar-refractivity contribution in [2.45, 2.75) is 13.3 Å². The van der Waals surface area contributed by atoms with Gasteiger partial charge in [0.1, 0.15) is 4.88 Å². The van der Waals surface area contributed by atoms with E-state index in [1.54, 1.807) is 12.1 Å². The lowest BCUT2D eigenvalue weighted by molar-refractivity contribution is -0.384. The molecule has 0 aliphatic heterocycles. The van der Waals surface area contributed by atoms with Crippen LogP contribution in [0.15, 0.2) is 30.3 Å². The van der Waals surface area contributed by atoms with Crippen LogP contribution in [0.5, 0.6) is 0 Å². The van der Waals surface area contributed by atoms with Crippen molar-refractivity contribution in [2.24, 2.45) is 11.8 Å². The quantitative estimate of drug-likeness (QED) is 0.635. The third kappa shape index (κ3) is 3.13. The van der Waals surface area contributed by atoms with Crippen LogP contribution in [0.4, 0.5) is 11.4 Å². The highest BCUT2D eigenvalue weighted by atomic mass is 32.1. The summed E-state index contributed by atoms with van der Waals surface area (Å²) in [7, 11) is 0. The summed E-state index contributed by atoms with van der Waals surface area (Å²) in [5.41, 5.74) is 0.699. The molecule has 3 rings (SSSR count). The summed E-state index contributed by atoms with van der Waals surface area (Å²) in [6.45, 7) is 1.96. The average molecular weight is 346 g/mol. The van der Waals surface area contributed by atoms with Gasteiger partial charge in [-0.25, -0.2) is 4.79 Å². The number of thiophene rings is 1. The van der Waals surface area contributed by atoms with E-state index in [0.29, 0.717) is 16.4 Å². The number of hydrogen-bond acceptors (Lipinski definition) is 5. The number of anilines is 1. The van der Waals surface area contributed by atoms with Crippen molar-refractivity contribution in [3.8, 4) is 10.4 Å². The zero-order chi connectivity index (χ0) is 17.4. The van der Waals surface area contributed by atoms with Gasteiger partial charge in [-0.15, -0.1) is 11.3 Å². The number of nitro benzene ring substituents is 1. The molecule has 1 saturated carbocycles. The largest absolute Gasteiger partial charge is 0.477 e. The lowest BCUT2D eigenvalue weighted by atomic mass is 10.1. The number of nitro groups is 1. The second-order valence-corrected chi connectivity index (χ2v) is 6.83. The van der Waals surface area contributed by atoms with Crippen molar-refractivity contribution < 1.29 is 19.6 Å². The van der Waals surface area contributed by atoms with Crippen LogP contribution in [0.25, 0.3) is 10.4 Å². The summed E-state index contributed by atoms with van der Waals surface area (Å²) >= 11 is 0.979. The topological polar surface area (TPSA) is 110 Å². The van der Waals surface area contributed by atoms with E-state index in [4.69, 9.17) is 0 Å². The third-order valence-corrected chi connectivity index (χ3v) is 5.14. The summed E-state index contributed by atoms with van der Waals surface area (Å²) in [5.74, 6) is -1.09. The van der Waals surface area contributed by atoms with Crippen molar-refractivity contribution in [3.05, 3.63) is 45.3 Å². The van der Waals surface area contributed by atoms with Gasteiger partial charge in [-0.2, -0.15) is 0 Å². The molecule has 7 nitrogen and oxygen atoms in total. The molecular formula is C16H14N2O5S. The standard InChI is InChI=1S/C16H14N2O5S/c1-8-5-11(8)15(19)17-12-7-13(24-14(12)16(20)21)9-3-2-4-10(6-9)18(22)23/h2-4,6-8,11H,5H2,1H3,(H,17,19)(H,20,21)/t8-,11+/m1/s1. The van der Waals surface area contributed by atoms with E-state index in [-0.39, 0.29) is 28.1 Å². The third-order valence-electron chi connectivity index (χ3n) is 3.97. The Kier molecular flexibility index (Phi) is 4.06. The smallest absolute Gasteiger partial charge is 0.348 e. The molecule has 1 aliphatic rings. The molecule has 0 saturated heterocycles. The number of carbonyl (C=O) groups excluding carboxylic acids is 1. The molecule has 0 bridgehead atoms. The highest BCUT2D eigenvalue weighted by Crippen LogP contribution is 2.40. The fourth-order valence-electron chi connectivity index (χ4n) is 2.47. The highest BCUT2D eigenvalue weighted by Gasteiger charge is 2.39. The summed E-state index contributed by atoms with van der Waals surface area (Å²) < 4.78 is 0. The molecule has 0 spiro atoms. The Balaban J connectivity index is 1.93. The second kappa shape index (κ2) is 6.04. The number of nitrogens with one attached hydrogen (secondary N) is 1. The molecule has 8 heteroatoms. The molecule has 1 heterocycles. The molecule has 0 radical (unpaired) electrons. The molecular weight excluding hydrogens is 332 g/mol. The van der Waals surface area contributed by atoms with Gasteiger partial charge in [-0.1, -0.05) is 19.1 Å². The Morgan fingerprint density at radius 3 is 2.67 bits per heavy atom. The predicted octanol–water partition coefficient (Wildman–Crippen LogP) is 3.62. The average Bonchev–Trinajstić information content (AvgIpc) is 3.12. The predicted molar refractivity (Wildman–Crippen MR) is 89.3 cm³/mol. The van der Waals surface area contributed by atoms with Gasteiger partial charge in [0.25, 0.3) is 5.69 Å². The molecule has 24 heavy (non-hydrogen) atoms. The molecule has 2 N–H and O–H groups in total. The van der Waals surface area contributed by atoms with Crippen molar-refractivity contribution in [1.82, 2.24) is 0 Å². The van der Waals surface area contributed by atoms with E-state index in [1.165, 1.54) is 18.2 Å². The number of carbonyl (C=O) groups is 2. The fraction of sp³-hybridized carbons (Fsp3) is 0.250. The Hall–Kier alpha value is -2.74. The number of nitrogens with zero attached hydrogens (tertiary/aromatic N) is 1. The van der Waals surface area contributed by atoms with Crippen LogP contribution in [0.1, 0.15) is 23.0 Å². The SMILES string of the molecule is C[C@@H]1C[C@@H]1C(=O)Nc1cc(-c2cccc([N+](=O)[O-])c2)sc1C(=O)O. The van der Waals surface area contributed by atoms with Crippen molar-refractivity contribution in [2.75, 3.05) is 5.32 Å². The number of amides is 1.